The van der Waals surface area contributed by atoms with Crippen molar-refractivity contribution in [2.24, 2.45) is 0 Å². The van der Waals surface area contributed by atoms with E-state index in [1.165, 1.54) is 18.5 Å². The van der Waals surface area contributed by atoms with Gasteiger partial charge in [0.05, 0.1) is 19.4 Å². The Morgan fingerprint density at radius 3 is 2.62 bits per heavy atom. The van der Waals surface area contributed by atoms with Crippen LogP contribution in [0.5, 0.6) is 0 Å². The second-order valence-corrected chi connectivity index (χ2v) is 5.41. The van der Waals surface area contributed by atoms with Gasteiger partial charge in [-0.05, 0) is 33.4 Å². The first kappa shape index (κ1) is 20.7. The molecular weight excluding hydrogens is 311 g/mol. The van der Waals surface area contributed by atoms with Crippen LogP contribution < -0.4 is 5.32 Å². The Morgan fingerprint density at radius 2 is 2.00 bits per heavy atom. The van der Waals surface area contributed by atoms with Crippen molar-refractivity contribution in [1.29, 1.82) is 0 Å². The van der Waals surface area contributed by atoms with E-state index in [1.54, 1.807) is 0 Å². The molecule has 0 aromatic carbocycles. The summed E-state index contributed by atoms with van der Waals surface area (Å²) in [4.78, 5) is 2.47. The maximum atomic E-state index is 5.34. The van der Waals surface area contributed by atoms with Crippen LogP contribution in [0.4, 0.5) is 0 Å². The zero-order valence-corrected chi connectivity index (χ0v) is 14.6. The number of aromatic nitrogens is 2. The summed E-state index contributed by atoms with van der Waals surface area (Å²) in [5.41, 5.74) is 1.26. The van der Waals surface area contributed by atoms with Gasteiger partial charge in [-0.2, -0.15) is 5.10 Å². The molecule has 0 atom stereocenters. The van der Waals surface area contributed by atoms with Gasteiger partial charge in [0.15, 0.2) is 0 Å². The summed E-state index contributed by atoms with van der Waals surface area (Å²) in [5.74, 6) is 0. The smallest absolute Gasteiger partial charge is 0.0594 e. The molecule has 0 unspecified atom stereocenters. The number of hydrogen-bond acceptors (Lipinski definition) is 4. The molecule has 2 rings (SSSR count). The molecule has 7 heteroatoms. The normalized spacial score (nSPS) is 15.6. The average molecular weight is 339 g/mol. The molecule has 5 nitrogen and oxygen atoms in total. The molecule has 0 saturated carbocycles. The molecule has 2 heterocycles. The standard InChI is InChI=1S/C14H26N4O.2ClH/c1-13(2)18-12-14(11-16-18)10-15-4-3-5-17-6-8-19-9-7-17;;/h11-13,15H,3-10H2,1-2H3;2*1H. The van der Waals surface area contributed by atoms with Crippen LogP contribution in [0.1, 0.15) is 31.9 Å². The number of rotatable bonds is 7. The Balaban J connectivity index is 0.00000200. The predicted octanol–water partition coefficient (Wildman–Crippen LogP) is 2.12. The van der Waals surface area contributed by atoms with Crippen molar-refractivity contribution in [3.63, 3.8) is 0 Å². The lowest BCUT2D eigenvalue weighted by molar-refractivity contribution is 0.0374. The Hall–Kier alpha value is -0.330. The summed E-state index contributed by atoms with van der Waals surface area (Å²) in [6.45, 7) is 11.4. The molecule has 0 spiro atoms. The van der Waals surface area contributed by atoms with Crippen molar-refractivity contribution in [3.05, 3.63) is 18.0 Å². The van der Waals surface area contributed by atoms with E-state index in [0.29, 0.717) is 6.04 Å². The SMILES string of the molecule is CC(C)n1cc(CNCCCN2CCOCC2)cn1.Cl.Cl. The number of halogens is 2. The largest absolute Gasteiger partial charge is 0.379 e. The zero-order chi connectivity index (χ0) is 13.5. The van der Waals surface area contributed by atoms with E-state index in [1.807, 2.05) is 10.9 Å². The van der Waals surface area contributed by atoms with Gasteiger partial charge in [-0.15, -0.1) is 24.8 Å². The van der Waals surface area contributed by atoms with Crippen molar-refractivity contribution < 1.29 is 4.74 Å². The second kappa shape index (κ2) is 11.3. The first-order valence-corrected chi connectivity index (χ1v) is 7.29. The molecule has 1 N–H and O–H groups in total. The van der Waals surface area contributed by atoms with Crippen LogP contribution in [0.3, 0.4) is 0 Å². The lowest BCUT2D eigenvalue weighted by atomic mass is 10.3. The minimum atomic E-state index is 0. The van der Waals surface area contributed by atoms with Gasteiger partial charge in [0.25, 0.3) is 0 Å². The Labute approximate surface area is 140 Å². The minimum Gasteiger partial charge on any atom is -0.379 e. The molecule has 21 heavy (non-hydrogen) atoms. The lowest BCUT2D eigenvalue weighted by Crippen LogP contribution is -2.37. The van der Waals surface area contributed by atoms with Gasteiger partial charge in [-0.3, -0.25) is 9.58 Å². The van der Waals surface area contributed by atoms with Crippen LogP contribution in [0.25, 0.3) is 0 Å². The zero-order valence-electron chi connectivity index (χ0n) is 13.0. The highest BCUT2D eigenvalue weighted by Gasteiger charge is 2.09. The van der Waals surface area contributed by atoms with Crippen LogP contribution >= 0.6 is 24.8 Å². The van der Waals surface area contributed by atoms with E-state index in [-0.39, 0.29) is 24.8 Å². The van der Waals surface area contributed by atoms with Gasteiger partial charge >= 0.3 is 0 Å². The molecule has 124 valence electrons. The molecule has 1 aromatic heterocycles. The summed E-state index contributed by atoms with van der Waals surface area (Å²) in [7, 11) is 0. The molecule has 0 bridgehead atoms. The fraction of sp³-hybridized carbons (Fsp3) is 0.786. The fourth-order valence-electron chi connectivity index (χ4n) is 2.24. The number of nitrogens with one attached hydrogen (secondary N) is 1. The molecule has 1 aliphatic heterocycles. The van der Waals surface area contributed by atoms with Gasteiger partial charge < -0.3 is 10.1 Å². The van der Waals surface area contributed by atoms with Gasteiger partial charge in [0, 0.05) is 37.4 Å². The summed E-state index contributed by atoms with van der Waals surface area (Å²) < 4.78 is 7.34. The van der Waals surface area contributed by atoms with Crippen molar-refractivity contribution in [2.75, 3.05) is 39.4 Å². The quantitative estimate of drug-likeness (QED) is 0.773. The third kappa shape index (κ3) is 7.47. The number of ether oxygens (including phenoxy) is 1. The monoisotopic (exact) mass is 338 g/mol. The first-order chi connectivity index (χ1) is 9.25. The number of hydrogen-bond donors (Lipinski definition) is 1. The van der Waals surface area contributed by atoms with Gasteiger partial charge in [-0.1, -0.05) is 0 Å². The maximum Gasteiger partial charge on any atom is 0.0594 e. The number of morpholine rings is 1. The second-order valence-electron chi connectivity index (χ2n) is 5.41. The minimum absolute atomic E-state index is 0. The Bertz CT molecular complexity index is 368. The van der Waals surface area contributed by atoms with E-state index >= 15 is 0 Å². The molecule has 0 amide bonds. The van der Waals surface area contributed by atoms with Crippen molar-refractivity contribution in [2.45, 2.75) is 32.9 Å². The topological polar surface area (TPSA) is 42.3 Å². The van der Waals surface area contributed by atoms with Crippen molar-refractivity contribution in [3.8, 4) is 0 Å². The van der Waals surface area contributed by atoms with Crippen LogP contribution in [0.2, 0.25) is 0 Å². The number of nitrogens with zero attached hydrogens (tertiary/aromatic N) is 3. The molecule has 1 saturated heterocycles. The van der Waals surface area contributed by atoms with Gasteiger partial charge in [0.1, 0.15) is 0 Å². The van der Waals surface area contributed by atoms with E-state index in [4.69, 9.17) is 4.74 Å². The lowest BCUT2D eigenvalue weighted by Gasteiger charge is -2.26. The molecule has 1 aromatic rings. The molecule has 1 aliphatic rings. The van der Waals surface area contributed by atoms with Crippen LogP contribution in [0.15, 0.2) is 12.4 Å². The predicted molar refractivity (Wildman–Crippen MR) is 90.7 cm³/mol. The summed E-state index contributed by atoms with van der Waals surface area (Å²) >= 11 is 0. The van der Waals surface area contributed by atoms with E-state index in [0.717, 1.165) is 39.4 Å². The van der Waals surface area contributed by atoms with E-state index in [2.05, 4.69) is 35.4 Å². The van der Waals surface area contributed by atoms with Crippen LogP contribution in [-0.2, 0) is 11.3 Å². The third-order valence-electron chi connectivity index (χ3n) is 3.44. The summed E-state index contributed by atoms with van der Waals surface area (Å²) in [5, 5.41) is 7.82. The highest BCUT2D eigenvalue weighted by atomic mass is 35.5. The summed E-state index contributed by atoms with van der Waals surface area (Å²) in [6.07, 6.45) is 5.27. The third-order valence-corrected chi connectivity index (χ3v) is 3.44. The van der Waals surface area contributed by atoms with Gasteiger partial charge in [-0.25, -0.2) is 0 Å². The van der Waals surface area contributed by atoms with Crippen LogP contribution in [0, 0.1) is 0 Å². The van der Waals surface area contributed by atoms with Crippen LogP contribution in [-0.4, -0.2) is 54.1 Å². The maximum absolute atomic E-state index is 5.34. The average Bonchev–Trinajstić information content (AvgIpc) is 2.89. The Kier molecular flexibility index (Phi) is 11.1. The molecular formula is C14H28Cl2N4O. The van der Waals surface area contributed by atoms with Crippen molar-refractivity contribution >= 4 is 24.8 Å². The highest BCUT2D eigenvalue weighted by molar-refractivity contribution is 5.85. The van der Waals surface area contributed by atoms with E-state index in [9.17, 15) is 0 Å². The first-order valence-electron chi connectivity index (χ1n) is 7.29. The molecule has 1 fully saturated rings. The Morgan fingerprint density at radius 1 is 1.29 bits per heavy atom. The van der Waals surface area contributed by atoms with Gasteiger partial charge in [0.2, 0.25) is 0 Å². The molecule has 0 aliphatic carbocycles. The van der Waals surface area contributed by atoms with Crippen molar-refractivity contribution in [1.82, 2.24) is 20.0 Å². The summed E-state index contributed by atoms with van der Waals surface area (Å²) in [6, 6.07) is 0.440. The molecule has 0 radical (unpaired) electrons. The highest BCUT2D eigenvalue weighted by Crippen LogP contribution is 2.05. The fourth-order valence-corrected chi connectivity index (χ4v) is 2.24. The van der Waals surface area contributed by atoms with E-state index < -0.39 is 0 Å².